The third-order valence-electron chi connectivity index (χ3n) is 1.72. The van der Waals surface area contributed by atoms with Gasteiger partial charge in [0.05, 0.1) is 0 Å². The molecule has 1 aromatic heterocycles. The number of ether oxygens (including phenoxy) is 1. The van der Waals surface area contributed by atoms with E-state index in [4.69, 9.17) is 10.5 Å². The van der Waals surface area contributed by atoms with E-state index in [0.29, 0.717) is 30.9 Å². The Hall–Kier alpha value is -1.43. The van der Waals surface area contributed by atoms with Crippen molar-refractivity contribution in [3.8, 4) is 6.01 Å². The smallest absolute Gasteiger partial charge is 0.321 e. The highest BCUT2D eigenvalue weighted by Gasteiger charge is 2.09. The molecule has 1 rings (SSSR count). The van der Waals surface area contributed by atoms with Gasteiger partial charge in [0.2, 0.25) is 5.95 Å². The van der Waals surface area contributed by atoms with Gasteiger partial charge in [-0.25, -0.2) is 0 Å². The molecule has 84 valence electrons. The van der Waals surface area contributed by atoms with Gasteiger partial charge in [-0.1, -0.05) is 13.8 Å². The molecule has 0 aliphatic heterocycles. The van der Waals surface area contributed by atoms with Gasteiger partial charge in [-0.3, -0.25) is 0 Å². The van der Waals surface area contributed by atoms with Crippen molar-refractivity contribution in [2.45, 2.75) is 19.8 Å². The molecular formula is C9H17N5O. The summed E-state index contributed by atoms with van der Waals surface area (Å²) < 4.78 is 5.26. The van der Waals surface area contributed by atoms with E-state index in [0.717, 1.165) is 0 Å². The minimum Gasteiger partial charge on any atom is -0.462 e. The molecule has 3 N–H and O–H groups in total. The highest BCUT2D eigenvalue weighted by atomic mass is 16.5. The SMILES string of the molecule is CNc1nc(OCCN)nc(C(C)C)n1. The Morgan fingerprint density at radius 2 is 2.07 bits per heavy atom. The summed E-state index contributed by atoms with van der Waals surface area (Å²) in [5, 5.41) is 2.87. The number of nitrogens with zero attached hydrogens (tertiary/aromatic N) is 3. The third-order valence-corrected chi connectivity index (χ3v) is 1.72. The van der Waals surface area contributed by atoms with Crippen molar-refractivity contribution < 1.29 is 4.74 Å². The lowest BCUT2D eigenvalue weighted by Crippen LogP contribution is -2.14. The first-order chi connectivity index (χ1) is 7.17. The molecule has 0 bridgehead atoms. The topological polar surface area (TPSA) is 86.0 Å². The summed E-state index contributed by atoms with van der Waals surface area (Å²) in [6.07, 6.45) is 0. The number of anilines is 1. The molecule has 1 heterocycles. The van der Waals surface area contributed by atoms with Gasteiger partial charge >= 0.3 is 6.01 Å². The lowest BCUT2D eigenvalue weighted by atomic mass is 10.2. The van der Waals surface area contributed by atoms with Crippen LogP contribution in [0.4, 0.5) is 5.95 Å². The molecule has 1 aromatic rings. The molecule has 0 aliphatic rings. The molecule has 6 heteroatoms. The normalized spacial score (nSPS) is 10.5. The molecule has 0 amide bonds. The van der Waals surface area contributed by atoms with Gasteiger partial charge < -0.3 is 15.8 Å². The quantitative estimate of drug-likeness (QED) is 0.732. The van der Waals surface area contributed by atoms with E-state index in [1.165, 1.54) is 0 Å². The first-order valence-corrected chi connectivity index (χ1v) is 4.94. The third kappa shape index (κ3) is 3.32. The van der Waals surface area contributed by atoms with Crippen molar-refractivity contribution in [1.29, 1.82) is 0 Å². The standard InChI is InChI=1S/C9H17N5O/c1-6(2)7-12-8(11-3)14-9(13-7)15-5-4-10/h6H,4-5,10H2,1-3H3,(H,11,12,13,14). The molecule has 0 saturated carbocycles. The van der Waals surface area contributed by atoms with Crippen molar-refractivity contribution in [2.75, 3.05) is 25.5 Å². The Morgan fingerprint density at radius 3 is 2.60 bits per heavy atom. The van der Waals surface area contributed by atoms with Crippen molar-refractivity contribution in [1.82, 2.24) is 15.0 Å². The number of hydrogen-bond acceptors (Lipinski definition) is 6. The zero-order valence-corrected chi connectivity index (χ0v) is 9.32. The maximum absolute atomic E-state index is 5.33. The van der Waals surface area contributed by atoms with E-state index >= 15 is 0 Å². The second-order valence-electron chi connectivity index (χ2n) is 3.34. The summed E-state index contributed by atoms with van der Waals surface area (Å²) in [5.41, 5.74) is 5.33. The largest absolute Gasteiger partial charge is 0.462 e. The van der Waals surface area contributed by atoms with Crippen LogP contribution in [0.2, 0.25) is 0 Å². The van der Waals surface area contributed by atoms with E-state index < -0.39 is 0 Å². The zero-order valence-electron chi connectivity index (χ0n) is 9.32. The number of rotatable bonds is 5. The van der Waals surface area contributed by atoms with Gasteiger partial charge in [0.15, 0.2) is 0 Å². The summed E-state index contributed by atoms with van der Waals surface area (Å²) >= 11 is 0. The molecule has 0 saturated heterocycles. The van der Waals surface area contributed by atoms with Crippen LogP contribution in [-0.4, -0.2) is 35.2 Å². The number of hydrogen-bond donors (Lipinski definition) is 2. The highest BCUT2D eigenvalue weighted by molar-refractivity contribution is 5.25. The van der Waals surface area contributed by atoms with Gasteiger partial charge in [-0.05, 0) is 0 Å². The lowest BCUT2D eigenvalue weighted by Gasteiger charge is -2.08. The molecule has 0 atom stereocenters. The first kappa shape index (κ1) is 11.6. The van der Waals surface area contributed by atoms with Crippen LogP contribution in [0, 0.1) is 0 Å². The Balaban J connectivity index is 2.90. The van der Waals surface area contributed by atoms with Crippen LogP contribution in [0.25, 0.3) is 0 Å². The fraction of sp³-hybridized carbons (Fsp3) is 0.667. The van der Waals surface area contributed by atoms with E-state index in [1.807, 2.05) is 13.8 Å². The molecule has 0 radical (unpaired) electrons. The highest BCUT2D eigenvalue weighted by Crippen LogP contribution is 2.14. The summed E-state index contributed by atoms with van der Waals surface area (Å²) in [7, 11) is 1.76. The van der Waals surface area contributed by atoms with Crippen molar-refractivity contribution in [3.63, 3.8) is 0 Å². The van der Waals surface area contributed by atoms with Gasteiger partial charge in [0.1, 0.15) is 12.4 Å². The fourth-order valence-corrected chi connectivity index (χ4v) is 0.957. The van der Waals surface area contributed by atoms with E-state index in [1.54, 1.807) is 7.05 Å². The van der Waals surface area contributed by atoms with Crippen LogP contribution < -0.4 is 15.8 Å². The van der Waals surface area contributed by atoms with Crippen LogP contribution in [0.1, 0.15) is 25.6 Å². The van der Waals surface area contributed by atoms with Gasteiger partial charge in [0.25, 0.3) is 0 Å². The van der Waals surface area contributed by atoms with Gasteiger partial charge in [0, 0.05) is 19.5 Å². The van der Waals surface area contributed by atoms with Crippen LogP contribution in [0.3, 0.4) is 0 Å². The predicted octanol–water partition coefficient (Wildman–Crippen LogP) is 0.374. The molecular weight excluding hydrogens is 194 g/mol. The summed E-state index contributed by atoms with van der Waals surface area (Å²) in [5.74, 6) is 1.46. The molecule has 0 spiro atoms. The average Bonchev–Trinajstić information content (AvgIpc) is 2.25. The molecule has 6 nitrogen and oxygen atoms in total. The second kappa shape index (κ2) is 5.45. The summed E-state index contributed by atoms with van der Waals surface area (Å²) in [6.45, 7) is 4.88. The molecule has 0 unspecified atom stereocenters. The van der Waals surface area contributed by atoms with Crippen LogP contribution in [0.15, 0.2) is 0 Å². The van der Waals surface area contributed by atoms with Crippen molar-refractivity contribution >= 4 is 5.95 Å². The van der Waals surface area contributed by atoms with Crippen LogP contribution >= 0.6 is 0 Å². The maximum atomic E-state index is 5.33. The van der Waals surface area contributed by atoms with Gasteiger partial charge in [-0.2, -0.15) is 15.0 Å². The monoisotopic (exact) mass is 211 g/mol. The number of nitrogens with one attached hydrogen (secondary N) is 1. The predicted molar refractivity (Wildman–Crippen MR) is 58.0 cm³/mol. The second-order valence-corrected chi connectivity index (χ2v) is 3.34. The van der Waals surface area contributed by atoms with E-state index in [2.05, 4.69) is 20.3 Å². The minimum atomic E-state index is 0.236. The summed E-state index contributed by atoms with van der Waals surface area (Å²) in [6, 6.07) is 0.323. The molecule has 0 aliphatic carbocycles. The fourth-order valence-electron chi connectivity index (χ4n) is 0.957. The Bertz CT molecular complexity index is 315. The Labute approximate surface area is 89.3 Å². The average molecular weight is 211 g/mol. The van der Waals surface area contributed by atoms with E-state index in [-0.39, 0.29) is 5.92 Å². The van der Waals surface area contributed by atoms with Crippen LogP contribution in [-0.2, 0) is 0 Å². The minimum absolute atomic E-state index is 0.236. The van der Waals surface area contributed by atoms with Gasteiger partial charge in [-0.15, -0.1) is 0 Å². The molecule has 0 fully saturated rings. The summed E-state index contributed by atoms with van der Waals surface area (Å²) in [4.78, 5) is 12.5. The van der Waals surface area contributed by atoms with Crippen molar-refractivity contribution in [2.24, 2.45) is 5.73 Å². The lowest BCUT2D eigenvalue weighted by molar-refractivity contribution is 0.299. The van der Waals surface area contributed by atoms with Crippen LogP contribution in [0.5, 0.6) is 6.01 Å². The van der Waals surface area contributed by atoms with E-state index in [9.17, 15) is 0 Å². The van der Waals surface area contributed by atoms with Crippen molar-refractivity contribution in [3.05, 3.63) is 5.82 Å². The first-order valence-electron chi connectivity index (χ1n) is 4.94. The Morgan fingerprint density at radius 1 is 1.33 bits per heavy atom. The molecule has 15 heavy (non-hydrogen) atoms. The Kier molecular flexibility index (Phi) is 4.23. The maximum Gasteiger partial charge on any atom is 0.321 e. The zero-order chi connectivity index (χ0) is 11.3. The number of aromatic nitrogens is 3. The molecule has 0 aromatic carbocycles. The number of nitrogens with two attached hydrogens (primary N) is 1.